The lowest BCUT2D eigenvalue weighted by Gasteiger charge is -2.03. The highest BCUT2D eigenvalue weighted by molar-refractivity contribution is 5.63. The van der Waals surface area contributed by atoms with Crippen molar-refractivity contribution in [3.05, 3.63) is 60.2 Å². The van der Waals surface area contributed by atoms with E-state index in [1.807, 2.05) is 13.8 Å². The van der Waals surface area contributed by atoms with Crippen molar-refractivity contribution in [1.82, 2.24) is 0 Å². The molecule has 0 heterocycles. The third-order valence-corrected chi connectivity index (χ3v) is 2.60. The van der Waals surface area contributed by atoms with Crippen LogP contribution in [0.5, 0.6) is 0 Å². The van der Waals surface area contributed by atoms with Gasteiger partial charge in [0.25, 0.3) is 0 Å². The van der Waals surface area contributed by atoms with E-state index in [-0.39, 0.29) is 7.43 Å². The van der Waals surface area contributed by atoms with Crippen LogP contribution in [0.15, 0.2) is 54.6 Å². The first-order valence-electron chi connectivity index (χ1n) is 6.54. The number of hydrogen-bond donors (Lipinski definition) is 0. The average Bonchev–Trinajstić information content (AvgIpc) is 2.43. The second-order valence-electron chi connectivity index (χ2n) is 3.81. The summed E-state index contributed by atoms with van der Waals surface area (Å²) in [7, 11) is 0. The maximum atomic E-state index is 2.23. The van der Waals surface area contributed by atoms with Gasteiger partial charge in [-0.15, -0.1) is 0 Å². The molecule has 18 heavy (non-hydrogen) atoms. The molecule has 0 atom stereocenters. The number of benzene rings is 2. The van der Waals surface area contributed by atoms with E-state index >= 15 is 0 Å². The van der Waals surface area contributed by atoms with Crippen LogP contribution in [0.2, 0.25) is 0 Å². The molecule has 0 aliphatic rings. The summed E-state index contributed by atoms with van der Waals surface area (Å²) in [5, 5.41) is 0. The zero-order valence-corrected chi connectivity index (χ0v) is 11.1. The standard InChI is InChI=1S/C15H16.C2H6.CH4/c1-2-6-13-9-11-15(12-10-13)14-7-4-3-5-8-14;1-2;/h3-5,7-12H,2,6H2,1H3;1-2H3;1H4. The summed E-state index contributed by atoms with van der Waals surface area (Å²) in [6.45, 7) is 6.21. The minimum atomic E-state index is 0. The van der Waals surface area contributed by atoms with Crippen LogP contribution in [0.3, 0.4) is 0 Å². The normalized spacial score (nSPS) is 8.83. The van der Waals surface area contributed by atoms with E-state index in [2.05, 4.69) is 61.5 Å². The minimum Gasteiger partial charge on any atom is -0.0776 e. The Hall–Kier alpha value is -1.56. The Morgan fingerprint density at radius 1 is 0.722 bits per heavy atom. The van der Waals surface area contributed by atoms with Gasteiger partial charge in [-0.25, -0.2) is 0 Å². The van der Waals surface area contributed by atoms with Gasteiger partial charge in [0, 0.05) is 0 Å². The second-order valence-corrected chi connectivity index (χ2v) is 3.81. The fraction of sp³-hybridized carbons (Fsp3) is 0.333. The SMILES string of the molecule is C.CC.CCCc1ccc(-c2ccccc2)cc1. The summed E-state index contributed by atoms with van der Waals surface area (Å²) in [5.41, 5.74) is 4.02. The smallest absolute Gasteiger partial charge is 0.0184 e. The van der Waals surface area contributed by atoms with Gasteiger partial charge in [-0.2, -0.15) is 0 Å². The summed E-state index contributed by atoms with van der Waals surface area (Å²) in [6.07, 6.45) is 2.39. The fourth-order valence-corrected chi connectivity index (χ4v) is 1.78. The van der Waals surface area contributed by atoms with E-state index < -0.39 is 0 Å². The maximum absolute atomic E-state index is 2.23. The molecule has 2 aromatic rings. The summed E-state index contributed by atoms with van der Waals surface area (Å²) in [5.74, 6) is 0. The fourth-order valence-electron chi connectivity index (χ4n) is 1.78. The Bertz CT molecular complexity index is 398. The predicted molar refractivity (Wildman–Crippen MR) is 84.0 cm³/mol. The molecule has 0 spiro atoms. The van der Waals surface area contributed by atoms with Crippen molar-refractivity contribution in [2.45, 2.75) is 41.0 Å². The lowest BCUT2D eigenvalue weighted by molar-refractivity contribution is 0.922. The summed E-state index contributed by atoms with van der Waals surface area (Å²) in [6, 6.07) is 19.4. The lowest BCUT2D eigenvalue weighted by Crippen LogP contribution is -1.83. The maximum Gasteiger partial charge on any atom is -0.0184 e. The van der Waals surface area contributed by atoms with Gasteiger partial charge in [0.2, 0.25) is 0 Å². The molecular formula is C18H26. The number of hydrogen-bond acceptors (Lipinski definition) is 0. The Labute approximate surface area is 113 Å². The molecule has 0 saturated heterocycles. The van der Waals surface area contributed by atoms with Crippen LogP contribution in [0.1, 0.15) is 40.2 Å². The van der Waals surface area contributed by atoms with Gasteiger partial charge in [-0.05, 0) is 23.1 Å². The molecule has 0 N–H and O–H groups in total. The minimum absolute atomic E-state index is 0. The molecule has 0 amide bonds. The van der Waals surface area contributed by atoms with E-state index in [1.165, 1.54) is 29.5 Å². The summed E-state index contributed by atoms with van der Waals surface area (Å²) in [4.78, 5) is 0. The average molecular weight is 242 g/mol. The van der Waals surface area contributed by atoms with Gasteiger partial charge < -0.3 is 0 Å². The van der Waals surface area contributed by atoms with E-state index in [4.69, 9.17) is 0 Å². The highest BCUT2D eigenvalue weighted by atomic mass is 14.0. The largest absolute Gasteiger partial charge is 0.0776 e. The first kappa shape index (κ1) is 16.4. The first-order chi connectivity index (χ1) is 8.40. The molecule has 0 nitrogen and oxygen atoms in total. The summed E-state index contributed by atoms with van der Waals surface area (Å²) < 4.78 is 0. The molecule has 0 heteroatoms. The van der Waals surface area contributed by atoms with Gasteiger partial charge in [0.05, 0.1) is 0 Å². The van der Waals surface area contributed by atoms with Crippen molar-refractivity contribution >= 4 is 0 Å². The van der Waals surface area contributed by atoms with Crippen LogP contribution in [0.25, 0.3) is 11.1 Å². The molecule has 0 fully saturated rings. The number of aryl methyl sites for hydroxylation is 1. The van der Waals surface area contributed by atoms with Crippen molar-refractivity contribution in [3.8, 4) is 11.1 Å². The van der Waals surface area contributed by atoms with Crippen LogP contribution >= 0.6 is 0 Å². The van der Waals surface area contributed by atoms with Gasteiger partial charge in [0.1, 0.15) is 0 Å². The van der Waals surface area contributed by atoms with Gasteiger partial charge in [-0.1, -0.05) is 89.2 Å². The molecule has 0 aliphatic carbocycles. The summed E-state index contributed by atoms with van der Waals surface area (Å²) >= 11 is 0. The second kappa shape index (κ2) is 9.47. The van der Waals surface area contributed by atoms with Crippen LogP contribution in [-0.2, 0) is 6.42 Å². The quantitative estimate of drug-likeness (QED) is 0.622. The third kappa shape index (κ3) is 4.75. The lowest BCUT2D eigenvalue weighted by atomic mass is 10.0. The van der Waals surface area contributed by atoms with Crippen molar-refractivity contribution < 1.29 is 0 Å². The van der Waals surface area contributed by atoms with E-state index in [9.17, 15) is 0 Å². The molecule has 0 aliphatic heterocycles. The Morgan fingerprint density at radius 3 is 1.72 bits per heavy atom. The zero-order valence-electron chi connectivity index (χ0n) is 11.1. The Morgan fingerprint density at radius 2 is 1.22 bits per heavy atom. The van der Waals surface area contributed by atoms with Crippen molar-refractivity contribution in [3.63, 3.8) is 0 Å². The van der Waals surface area contributed by atoms with Crippen molar-refractivity contribution in [2.75, 3.05) is 0 Å². The zero-order chi connectivity index (χ0) is 12.5. The topological polar surface area (TPSA) is 0 Å². The van der Waals surface area contributed by atoms with Crippen molar-refractivity contribution in [2.24, 2.45) is 0 Å². The molecule has 0 saturated carbocycles. The Kier molecular flexibility index (Phi) is 8.65. The molecule has 98 valence electrons. The molecule has 0 radical (unpaired) electrons. The molecule has 0 unspecified atom stereocenters. The van der Waals surface area contributed by atoms with Crippen LogP contribution in [-0.4, -0.2) is 0 Å². The molecular weight excluding hydrogens is 216 g/mol. The first-order valence-corrected chi connectivity index (χ1v) is 6.54. The van der Waals surface area contributed by atoms with Crippen LogP contribution < -0.4 is 0 Å². The molecule has 2 rings (SSSR count). The van der Waals surface area contributed by atoms with Crippen LogP contribution in [0.4, 0.5) is 0 Å². The Balaban J connectivity index is 0.000000917. The van der Waals surface area contributed by atoms with Gasteiger partial charge >= 0.3 is 0 Å². The molecule has 0 bridgehead atoms. The van der Waals surface area contributed by atoms with Gasteiger partial charge in [-0.3, -0.25) is 0 Å². The monoisotopic (exact) mass is 242 g/mol. The highest BCUT2D eigenvalue weighted by Gasteiger charge is 1.96. The third-order valence-electron chi connectivity index (χ3n) is 2.60. The van der Waals surface area contributed by atoms with E-state index in [0.29, 0.717) is 0 Å². The van der Waals surface area contributed by atoms with E-state index in [1.54, 1.807) is 0 Å². The van der Waals surface area contributed by atoms with Crippen LogP contribution in [0, 0.1) is 0 Å². The molecule has 2 aromatic carbocycles. The van der Waals surface area contributed by atoms with E-state index in [0.717, 1.165) is 0 Å². The van der Waals surface area contributed by atoms with Gasteiger partial charge in [0.15, 0.2) is 0 Å². The number of rotatable bonds is 3. The molecule has 0 aromatic heterocycles. The predicted octanol–water partition coefficient (Wildman–Crippen LogP) is 5.97. The highest BCUT2D eigenvalue weighted by Crippen LogP contribution is 2.19. The van der Waals surface area contributed by atoms with Crippen molar-refractivity contribution in [1.29, 1.82) is 0 Å².